The van der Waals surface area contributed by atoms with Gasteiger partial charge in [-0.1, -0.05) is 48.5 Å². The lowest BCUT2D eigenvalue weighted by atomic mass is 9.98. The molecule has 3 aromatic rings. The highest BCUT2D eigenvalue weighted by atomic mass is 32.1. The van der Waals surface area contributed by atoms with Crippen molar-refractivity contribution in [1.82, 2.24) is 15.6 Å². The standard InChI is InChI=1S/C26H27N3O5S/c1-26(2,12-22(30)27-13-23-28-16(15-35-23)11-24(31)32)29-25(33)34-14-21-19-9-5-3-7-17(19)18-8-4-6-10-20(18)21/h3-10,15,21H,11-14H2,1-2H3,(H,27,30)(H,29,33)(H,31,32). The molecule has 1 heterocycles. The Balaban J connectivity index is 1.27. The smallest absolute Gasteiger partial charge is 0.407 e. The lowest BCUT2D eigenvalue weighted by Crippen LogP contribution is -2.47. The van der Waals surface area contributed by atoms with Crippen LogP contribution in [0, 0.1) is 0 Å². The highest BCUT2D eigenvalue weighted by molar-refractivity contribution is 7.09. The minimum atomic E-state index is -0.952. The highest BCUT2D eigenvalue weighted by Crippen LogP contribution is 2.44. The zero-order valence-corrected chi connectivity index (χ0v) is 20.4. The number of nitrogens with zero attached hydrogens (tertiary/aromatic N) is 1. The van der Waals surface area contributed by atoms with Gasteiger partial charge < -0.3 is 20.5 Å². The third kappa shape index (κ3) is 6.05. The first-order valence-electron chi connectivity index (χ1n) is 11.3. The average Bonchev–Trinajstić information content (AvgIpc) is 3.37. The van der Waals surface area contributed by atoms with Gasteiger partial charge in [0.25, 0.3) is 0 Å². The monoisotopic (exact) mass is 493 g/mol. The number of carboxylic acid groups (broad SMARTS) is 1. The van der Waals surface area contributed by atoms with E-state index in [1.165, 1.54) is 11.3 Å². The Morgan fingerprint density at radius 1 is 1.06 bits per heavy atom. The molecule has 8 nitrogen and oxygen atoms in total. The highest BCUT2D eigenvalue weighted by Gasteiger charge is 2.30. The van der Waals surface area contributed by atoms with E-state index in [4.69, 9.17) is 9.84 Å². The molecule has 1 aliphatic rings. The lowest BCUT2D eigenvalue weighted by molar-refractivity contribution is -0.136. The molecule has 1 aromatic heterocycles. The van der Waals surface area contributed by atoms with E-state index >= 15 is 0 Å². The summed E-state index contributed by atoms with van der Waals surface area (Å²) in [6.45, 7) is 3.90. The van der Waals surface area contributed by atoms with Crippen LogP contribution >= 0.6 is 11.3 Å². The number of carboxylic acids is 1. The van der Waals surface area contributed by atoms with Crippen LogP contribution in [0.15, 0.2) is 53.9 Å². The van der Waals surface area contributed by atoms with E-state index in [1.807, 2.05) is 24.3 Å². The molecule has 0 radical (unpaired) electrons. The van der Waals surface area contributed by atoms with Crippen LogP contribution in [0.25, 0.3) is 11.1 Å². The van der Waals surface area contributed by atoms with Crippen molar-refractivity contribution >= 4 is 29.3 Å². The number of thiazole rings is 1. The molecule has 0 spiro atoms. The van der Waals surface area contributed by atoms with Gasteiger partial charge in [-0.05, 0) is 36.1 Å². The van der Waals surface area contributed by atoms with E-state index in [9.17, 15) is 14.4 Å². The first kappa shape index (κ1) is 24.4. The van der Waals surface area contributed by atoms with Crippen molar-refractivity contribution < 1.29 is 24.2 Å². The van der Waals surface area contributed by atoms with E-state index < -0.39 is 17.6 Å². The summed E-state index contributed by atoms with van der Waals surface area (Å²) in [6, 6.07) is 16.2. The first-order chi connectivity index (χ1) is 16.7. The van der Waals surface area contributed by atoms with Gasteiger partial charge >= 0.3 is 12.1 Å². The Hall–Kier alpha value is -3.72. The number of fused-ring (bicyclic) bond motifs is 3. The van der Waals surface area contributed by atoms with Gasteiger partial charge in [-0.25, -0.2) is 9.78 Å². The predicted molar refractivity (Wildman–Crippen MR) is 132 cm³/mol. The minimum absolute atomic E-state index is 0.0381. The van der Waals surface area contributed by atoms with Crippen LogP contribution in [0.3, 0.4) is 0 Å². The van der Waals surface area contributed by atoms with Crippen LogP contribution in [0.2, 0.25) is 0 Å². The number of hydrogen-bond acceptors (Lipinski definition) is 6. The number of amides is 2. The van der Waals surface area contributed by atoms with Gasteiger partial charge in [0.2, 0.25) is 5.91 Å². The topological polar surface area (TPSA) is 118 Å². The van der Waals surface area contributed by atoms with Crippen molar-refractivity contribution in [2.24, 2.45) is 0 Å². The van der Waals surface area contributed by atoms with Gasteiger partial charge in [0.15, 0.2) is 0 Å². The quantitative estimate of drug-likeness (QED) is 0.413. The fourth-order valence-electron chi connectivity index (χ4n) is 4.26. The second kappa shape index (κ2) is 10.3. The summed E-state index contributed by atoms with van der Waals surface area (Å²) in [6.07, 6.45) is -0.686. The Kier molecular flexibility index (Phi) is 7.16. The predicted octanol–water partition coefficient (Wildman–Crippen LogP) is 4.09. The Bertz CT molecular complexity index is 1210. The van der Waals surface area contributed by atoms with E-state index in [0.717, 1.165) is 22.3 Å². The van der Waals surface area contributed by atoms with Crippen LogP contribution < -0.4 is 10.6 Å². The minimum Gasteiger partial charge on any atom is -0.481 e. The molecule has 9 heteroatoms. The largest absolute Gasteiger partial charge is 0.481 e. The maximum atomic E-state index is 12.6. The molecule has 0 aliphatic heterocycles. The van der Waals surface area contributed by atoms with Crippen molar-refractivity contribution in [2.45, 2.75) is 44.7 Å². The maximum absolute atomic E-state index is 12.6. The Morgan fingerprint density at radius 2 is 1.69 bits per heavy atom. The molecule has 0 atom stereocenters. The van der Waals surface area contributed by atoms with E-state index in [0.29, 0.717) is 10.7 Å². The van der Waals surface area contributed by atoms with Crippen LogP contribution in [-0.4, -0.2) is 40.2 Å². The third-order valence-electron chi connectivity index (χ3n) is 5.76. The van der Waals surface area contributed by atoms with Crippen molar-refractivity contribution in [1.29, 1.82) is 0 Å². The molecular formula is C26H27N3O5S. The molecule has 182 valence electrons. The molecule has 2 aromatic carbocycles. The van der Waals surface area contributed by atoms with Crippen LogP contribution in [0.1, 0.15) is 48.0 Å². The number of alkyl carbamates (subject to hydrolysis) is 1. The summed E-state index contributed by atoms with van der Waals surface area (Å²) >= 11 is 1.29. The van der Waals surface area contributed by atoms with Crippen molar-refractivity contribution in [3.8, 4) is 11.1 Å². The van der Waals surface area contributed by atoms with Gasteiger partial charge in [0.05, 0.1) is 18.7 Å². The normalized spacial score (nSPS) is 12.5. The van der Waals surface area contributed by atoms with Crippen molar-refractivity contribution in [3.05, 3.63) is 75.7 Å². The number of carbonyl (C=O) groups excluding carboxylic acids is 2. The molecule has 0 saturated carbocycles. The molecule has 0 fully saturated rings. The Labute approximate surface area is 207 Å². The zero-order chi connectivity index (χ0) is 25.0. The van der Waals surface area contributed by atoms with Crippen molar-refractivity contribution in [2.75, 3.05) is 6.61 Å². The second-order valence-corrected chi connectivity index (χ2v) is 10.0. The number of nitrogens with one attached hydrogen (secondary N) is 2. The molecular weight excluding hydrogens is 466 g/mol. The summed E-state index contributed by atoms with van der Waals surface area (Å²) < 4.78 is 5.58. The zero-order valence-electron chi connectivity index (χ0n) is 19.5. The summed E-state index contributed by atoms with van der Waals surface area (Å²) in [5.74, 6) is -1.25. The van der Waals surface area contributed by atoms with E-state index in [1.54, 1.807) is 19.2 Å². The summed E-state index contributed by atoms with van der Waals surface area (Å²) in [7, 11) is 0. The molecule has 2 amide bonds. The van der Waals surface area contributed by atoms with Crippen LogP contribution in [-0.2, 0) is 27.3 Å². The van der Waals surface area contributed by atoms with Crippen LogP contribution in [0.5, 0.6) is 0 Å². The summed E-state index contributed by atoms with van der Waals surface area (Å²) in [5.41, 5.74) is 4.21. The SMILES string of the molecule is CC(C)(CC(=O)NCc1nc(CC(=O)O)cs1)NC(=O)OCC1c2ccccc2-c2ccccc21. The van der Waals surface area contributed by atoms with E-state index in [-0.39, 0.29) is 37.8 Å². The number of aliphatic carboxylic acids is 1. The Morgan fingerprint density at radius 3 is 2.31 bits per heavy atom. The molecule has 35 heavy (non-hydrogen) atoms. The number of ether oxygens (including phenoxy) is 1. The third-order valence-corrected chi connectivity index (χ3v) is 6.65. The fraction of sp³-hybridized carbons (Fsp3) is 0.308. The number of carbonyl (C=O) groups is 3. The van der Waals surface area contributed by atoms with Gasteiger partial charge in [-0.2, -0.15) is 0 Å². The molecule has 0 unspecified atom stereocenters. The van der Waals surface area contributed by atoms with Gasteiger partial charge in [0, 0.05) is 23.3 Å². The number of benzene rings is 2. The van der Waals surface area contributed by atoms with Gasteiger partial charge in [-0.3, -0.25) is 9.59 Å². The second-order valence-electron chi connectivity index (χ2n) is 9.09. The maximum Gasteiger partial charge on any atom is 0.407 e. The summed E-state index contributed by atoms with van der Waals surface area (Å²) in [4.78, 5) is 40.0. The number of rotatable bonds is 9. The van der Waals surface area contributed by atoms with Crippen LogP contribution in [0.4, 0.5) is 4.79 Å². The fourth-order valence-corrected chi connectivity index (χ4v) is 4.99. The molecule has 0 saturated heterocycles. The van der Waals surface area contributed by atoms with E-state index in [2.05, 4.69) is 39.9 Å². The first-order valence-corrected chi connectivity index (χ1v) is 12.1. The molecule has 1 aliphatic carbocycles. The number of aromatic nitrogens is 1. The molecule has 4 rings (SSSR count). The average molecular weight is 494 g/mol. The van der Waals surface area contributed by atoms with Crippen molar-refractivity contribution in [3.63, 3.8) is 0 Å². The number of hydrogen-bond donors (Lipinski definition) is 3. The van der Waals surface area contributed by atoms with Gasteiger partial charge in [-0.15, -0.1) is 11.3 Å². The molecule has 0 bridgehead atoms. The van der Waals surface area contributed by atoms with Gasteiger partial charge in [0.1, 0.15) is 11.6 Å². The lowest BCUT2D eigenvalue weighted by Gasteiger charge is -2.25. The molecule has 3 N–H and O–H groups in total. The summed E-state index contributed by atoms with van der Waals surface area (Å²) in [5, 5.41) is 16.7.